The predicted molar refractivity (Wildman–Crippen MR) is 76.2 cm³/mol. The minimum Gasteiger partial charge on any atom is -0.320 e. The summed E-state index contributed by atoms with van der Waals surface area (Å²) in [6.45, 7) is 3.85. The largest absolute Gasteiger partial charge is 0.320 e. The van der Waals surface area contributed by atoms with Gasteiger partial charge in [-0.25, -0.2) is 0 Å². The Balaban J connectivity index is 2.12. The number of carbonyl (C=O) groups is 1. The van der Waals surface area contributed by atoms with Gasteiger partial charge in [0.25, 0.3) is 5.91 Å². The Labute approximate surface area is 117 Å². The standard InChI is InChI=1S/C15H15ClN2O/c1-11-5-3-4-10-18(11)12(2)15(19)17-14-8-6-13(16)7-9-14/h3-10,12H,1-2H3/p+1/t12-/m1/s1. The Kier molecular flexibility index (Phi) is 4.17. The van der Waals surface area contributed by atoms with E-state index in [-0.39, 0.29) is 11.9 Å². The third-order valence-electron chi connectivity index (χ3n) is 3.01. The van der Waals surface area contributed by atoms with Crippen LogP contribution in [0.15, 0.2) is 48.7 Å². The van der Waals surface area contributed by atoms with Gasteiger partial charge in [-0.15, -0.1) is 0 Å². The summed E-state index contributed by atoms with van der Waals surface area (Å²) < 4.78 is 1.94. The fourth-order valence-corrected chi connectivity index (χ4v) is 2.01. The van der Waals surface area contributed by atoms with Crippen molar-refractivity contribution < 1.29 is 9.36 Å². The van der Waals surface area contributed by atoms with Crippen molar-refractivity contribution in [2.75, 3.05) is 5.32 Å². The van der Waals surface area contributed by atoms with Crippen LogP contribution in [0.1, 0.15) is 18.7 Å². The number of hydrogen-bond acceptors (Lipinski definition) is 1. The molecule has 1 heterocycles. The Morgan fingerprint density at radius 2 is 1.89 bits per heavy atom. The molecule has 0 aliphatic heterocycles. The molecular weight excluding hydrogens is 260 g/mol. The van der Waals surface area contributed by atoms with Crippen LogP contribution in [0.25, 0.3) is 0 Å². The van der Waals surface area contributed by atoms with Crippen molar-refractivity contribution in [3.8, 4) is 0 Å². The van der Waals surface area contributed by atoms with Crippen LogP contribution in [0.4, 0.5) is 5.69 Å². The molecule has 0 radical (unpaired) electrons. The van der Waals surface area contributed by atoms with Gasteiger partial charge in [-0.2, -0.15) is 4.57 Å². The summed E-state index contributed by atoms with van der Waals surface area (Å²) in [5.41, 5.74) is 1.79. The number of aryl methyl sites for hydroxylation is 1. The van der Waals surface area contributed by atoms with E-state index in [1.54, 1.807) is 24.3 Å². The van der Waals surface area contributed by atoms with Gasteiger partial charge in [-0.1, -0.05) is 17.7 Å². The van der Waals surface area contributed by atoms with E-state index in [0.717, 1.165) is 11.4 Å². The second-order valence-electron chi connectivity index (χ2n) is 4.42. The zero-order valence-corrected chi connectivity index (χ0v) is 11.7. The Morgan fingerprint density at radius 1 is 1.21 bits per heavy atom. The first-order valence-corrected chi connectivity index (χ1v) is 6.49. The van der Waals surface area contributed by atoms with E-state index in [0.29, 0.717) is 5.02 Å². The van der Waals surface area contributed by atoms with Crippen molar-refractivity contribution >= 4 is 23.2 Å². The predicted octanol–water partition coefficient (Wildman–Crippen LogP) is 3.14. The number of amides is 1. The Morgan fingerprint density at radius 3 is 2.53 bits per heavy atom. The first kappa shape index (κ1) is 13.6. The lowest BCUT2D eigenvalue weighted by Gasteiger charge is -2.10. The first-order valence-electron chi connectivity index (χ1n) is 6.11. The molecule has 1 aromatic carbocycles. The topological polar surface area (TPSA) is 33.0 Å². The highest BCUT2D eigenvalue weighted by Crippen LogP contribution is 2.14. The molecule has 4 heteroatoms. The van der Waals surface area contributed by atoms with Crippen LogP contribution in [-0.2, 0) is 4.79 Å². The fourth-order valence-electron chi connectivity index (χ4n) is 1.88. The van der Waals surface area contributed by atoms with Crippen LogP contribution >= 0.6 is 11.6 Å². The number of hydrogen-bond donors (Lipinski definition) is 1. The maximum atomic E-state index is 12.2. The Hall–Kier alpha value is -1.87. The maximum absolute atomic E-state index is 12.2. The SMILES string of the molecule is Cc1cccc[n+]1[C@H](C)C(=O)Nc1ccc(Cl)cc1. The van der Waals surface area contributed by atoms with Gasteiger partial charge in [-0.3, -0.25) is 4.79 Å². The molecule has 0 fully saturated rings. The van der Waals surface area contributed by atoms with Crippen LogP contribution in [0.3, 0.4) is 0 Å². The van der Waals surface area contributed by atoms with Gasteiger partial charge in [0.05, 0.1) is 0 Å². The normalized spacial score (nSPS) is 11.9. The molecule has 0 saturated carbocycles. The third-order valence-corrected chi connectivity index (χ3v) is 3.26. The summed E-state index contributed by atoms with van der Waals surface area (Å²) in [6, 6.07) is 12.7. The summed E-state index contributed by atoms with van der Waals surface area (Å²) >= 11 is 5.81. The van der Waals surface area contributed by atoms with Crippen LogP contribution in [-0.4, -0.2) is 5.91 Å². The van der Waals surface area contributed by atoms with Crippen LogP contribution in [0.2, 0.25) is 5.02 Å². The zero-order chi connectivity index (χ0) is 13.8. The molecule has 98 valence electrons. The molecule has 1 N–H and O–H groups in total. The molecule has 1 aromatic heterocycles. The van der Waals surface area contributed by atoms with Gasteiger partial charge in [0, 0.05) is 36.7 Å². The van der Waals surface area contributed by atoms with Crippen molar-refractivity contribution in [2.45, 2.75) is 19.9 Å². The van der Waals surface area contributed by atoms with Gasteiger partial charge in [0.1, 0.15) is 0 Å². The fraction of sp³-hybridized carbons (Fsp3) is 0.200. The highest BCUT2D eigenvalue weighted by atomic mass is 35.5. The van der Waals surface area contributed by atoms with Crippen LogP contribution < -0.4 is 9.88 Å². The summed E-state index contributed by atoms with van der Waals surface area (Å²) in [7, 11) is 0. The zero-order valence-electron chi connectivity index (χ0n) is 10.9. The van der Waals surface area contributed by atoms with Gasteiger partial charge in [-0.05, 0) is 24.3 Å². The molecule has 3 nitrogen and oxygen atoms in total. The van der Waals surface area contributed by atoms with E-state index in [9.17, 15) is 4.79 Å². The van der Waals surface area contributed by atoms with Crippen LogP contribution in [0.5, 0.6) is 0 Å². The average molecular weight is 276 g/mol. The minimum absolute atomic E-state index is 0.0541. The summed E-state index contributed by atoms with van der Waals surface area (Å²) in [5, 5.41) is 3.53. The number of anilines is 1. The number of carbonyl (C=O) groups excluding carboxylic acids is 1. The van der Waals surface area contributed by atoms with Crippen molar-refractivity contribution in [3.63, 3.8) is 0 Å². The van der Waals surface area contributed by atoms with E-state index >= 15 is 0 Å². The number of aromatic nitrogens is 1. The minimum atomic E-state index is -0.267. The summed E-state index contributed by atoms with van der Waals surface area (Å²) in [6.07, 6.45) is 1.90. The van der Waals surface area contributed by atoms with Gasteiger partial charge >= 0.3 is 0 Å². The molecule has 2 rings (SSSR count). The number of halogens is 1. The summed E-state index contributed by atoms with van der Waals surface area (Å²) in [5.74, 6) is -0.0541. The number of nitrogens with zero attached hydrogens (tertiary/aromatic N) is 1. The number of benzene rings is 1. The lowest BCUT2D eigenvalue weighted by atomic mass is 10.2. The van der Waals surface area contributed by atoms with Gasteiger partial charge in [0.15, 0.2) is 11.9 Å². The highest BCUT2D eigenvalue weighted by Gasteiger charge is 2.23. The Bertz CT molecular complexity index is 581. The number of rotatable bonds is 3. The third kappa shape index (κ3) is 3.32. The molecule has 0 unspecified atom stereocenters. The molecule has 1 atom stereocenters. The molecule has 1 amide bonds. The lowest BCUT2D eigenvalue weighted by Crippen LogP contribution is -2.46. The van der Waals surface area contributed by atoms with Gasteiger partial charge in [0.2, 0.25) is 6.04 Å². The van der Waals surface area contributed by atoms with Gasteiger partial charge < -0.3 is 5.32 Å². The monoisotopic (exact) mass is 275 g/mol. The van der Waals surface area contributed by atoms with Crippen molar-refractivity contribution in [1.82, 2.24) is 0 Å². The molecular formula is C15H16ClN2O+. The van der Waals surface area contributed by atoms with Crippen LogP contribution in [0, 0.1) is 6.92 Å². The molecule has 0 bridgehead atoms. The second kappa shape index (κ2) is 5.85. The summed E-state index contributed by atoms with van der Waals surface area (Å²) in [4.78, 5) is 12.2. The average Bonchev–Trinajstić information content (AvgIpc) is 2.41. The molecule has 19 heavy (non-hydrogen) atoms. The molecule has 0 aliphatic rings. The molecule has 0 aliphatic carbocycles. The molecule has 2 aromatic rings. The van der Waals surface area contributed by atoms with E-state index in [2.05, 4.69) is 5.32 Å². The van der Waals surface area contributed by atoms with Crippen molar-refractivity contribution in [1.29, 1.82) is 0 Å². The van der Waals surface area contributed by atoms with E-state index in [1.807, 2.05) is 42.8 Å². The second-order valence-corrected chi connectivity index (χ2v) is 4.86. The molecule has 0 spiro atoms. The van der Waals surface area contributed by atoms with Crippen molar-refractivity contribution in [3.05, 3.63) is 59.4 Å². The van der Waals surface area contributed by atoms with E-state index < -0.39 is 0 Å². The number of nitrogens with one attached hydrogen (secondary N) is 1. The van der Waals surface area contributed by atoms with E-state index in [1.165, 1.54) is 0 Å². The highest BCUT2D eigenvalue weighted by molar-refractivity contribution is 6.30. The smallest absolute Gasteiger partial charge is 0.293 e. The first-order chi connectivity index (χ1) is 9.08. The van der Waals surface area contributed by atoms with E-state index in [4.69, 9.17) is 11.6 Å². The molecule has 0 saturated heterocycles. The number of pyridine rings is 1. The quantitative estimate of drug-likeness (QED) is 0.858. The van der Waals surface area contributed by atoms with Crippen molar-refractivity contribution in [2.24, 2.45) is 0 Å². The lowest BCUT2D eigenvalue weighted by molar-refractivity contribution is -0.711. The maximum Gasteiger partial charge on any atom is 0.293 e.